The molecule has 9 heteroatoms. The van der Waals surface area contributed by atoms with Gasteiger partial charge in [0.1, 0.15) is 11.6 Å². The number of halogens is 3. The maximum absolute atomic E-state index is 13.9. The van der Waals surface area contributed by atoms with Crippen molar-refractivity contribution in [1.82, 2.24) is 20.2 Å². The van der Waals surface area contributed by atoms with E-state index in [0.717, 1.165) is 44.2 Å². The van der Waals surface area contributed by atoms with Crippen molar-refractivity contribution in [1.29, 1.82) is 0 Å². The van der Waals surface area contributed by atoms with Crippen LogP contribution in [-0.4, -0.2) is 60.6 Å². The number of anilines is 1. The zero-order valence-electron chi connectivity index (χ0n) is 16.0. The second-order valence-corrected chi connectivity index (χ2v) is 6.52. The normalized spacial score (nSPS) is 15.8. The lowest BCUT2D eigenvalue weighted by molar-refractivity contribution is 0.369. The summed E-state index contributed by atoms with van der Waals surface area (Å²) >= 11 is 0. The lowest BCUT2D eigenvalue weighted by Gasteiger charge is -2.36. The molecule has 1 unspecified atom stereocenters. The molecule has 0 spiro atoms. The number of nitrogens with zero attached hydrogens (tertiary/aromatic N) is 5. The van der Waals surface area contributed by atoms with E-state index < -0.39 is 11.6 Å². The number of rotatable bonds is 4. The Morgan fingerprint density at radius 2 is 1.86 bits per heavy atom. The third-order valence-corrected chi connectivity index (χ3v) is 4.69. The van der Waals surface area contributed by atoms with Crippen molar-refractivity contribution in [2.45, 2.75) is 12.8 Å². The Labute approximate surface area is 181 Å². The summed E-state index contributed by atoms with van der Waals surface area (Å²) in [6.45, 7) is 5.59. The molecule has 1 aromatic heterocycles. The van der Waals surface area contributed by atoms with Crippen LogP contribution in [0.15, 0.2) is 41.7 Å². The van der Waals surface area contributed by atoms with Crippen LogP contribution in [0.25, 0.3) is 0 Å². The molecule has 6 nitrogen and oxygen atoms in total. The van der Waals surface area contributed by atoms with E-state index in [-0.39, 0.29) is 29.9 Å². The molecule has 0 aliphatic carbocycles. The summed E-state index contributed by atoms with van der Waals surface area (Å²) in [6.07, 6.45) is 3.48. The van der Waals surface area contributed by atoms with Crippen LogP contribution in [0, 0.1) is 11.6 Å². The smallest absolute Gasteiger partial charge is 0.225 e. The van der Waals surface area contributed by atoms with Gasteiger partial charge in [0, 0.05) is 64.1 Å². The monoisotopic (exact) mass is 502 g/mol. The average Bonchev–Trinajstić information content (AvgIpc) is 2.69. The van der Waals surface area contributed by atoms with Crippen LogP contribution >= 0.6 is 24.0 Å². The van der Waals surface area contributed by atoms with E-state index in [1.54, 1.807) is 25.5 Å². The Morgan fingerprint density at radius 1 is 1.18 bits per heavy atom. The first-order valence-electron chi connectivity index (χ1n) is 9.01. The van der Waals surface area contributed by atoms with Crippen LogP contribution in [0.5, 0.6) is 0 Å². The van der Waals surface area contributed by atoms with E-state index in [0.29, 0.717) is 12.1 Å². The van der Waals surface area contributed by atoms with E-state index in [2.05, 4.69) is 30.1 Å². The molecule has 3 rings (SSSR count). The van der Waals surface area contributed by atoms with Crippen molar-refractivity contribution >= 4 is 35.9 Å². The Morgan fingerprint density at radius 3 is 2.46 bits per heavy atom. The highest BCUT2D eigenvalue weighted by Gasteiger charge is 2.21. The molecule has 0 bridgehead atoms. The van der Waals surface area contributed by atoms with Gasteiger partial charge in [-0.25, -0.2) is 18.7 Å². The molecule has 1 N–H and O–H groups in total. The second-order valence-electron chi connectivity index (χ2n) is 6.52. The highest BCUT2D eigenvalue weighted by Crippen LogP contribution is 2.19. The average molecular weight is 502 g/mol. The first kappa shape index (κ1) is 22.3. The van der Waals surface area contributed by atoms with Gasteiger partial charge in [-0.15, -0.1) is 24.0 Å². The molecule has 152 valence electrons. The summed E-state index contributed by atoms with van der Waals surface area (Å²) in [5, 5.41) is 3.30. The molecule has 1 aliphatic rings. The second kappa shape index (κ2) is 10.5. The minimum Gasteiger partial charge on any atom is -0.356 e. The van der Waals surface area contributed by atoms with Gasteiger partial charge in [-0.3, -0.25) is 4.99 Å². The van der Waals surface area contributed by atoms with Crippen molar-refractivity contribution in [3.63, 3.8) is 0 Å². The number of benzene rings is 1. The third-order valence-electron chi connectivity index (χ3n) is 4.69. The summed E-state index contributed by atoms with van der Waals surface area (Å²) in [5.41, 5.74) is 0.491. The number of aromatic nitrogens is 2. The van der Waals surface area contributed by atoms with Crippen LogP contribution in [0.2, 0.25) is 0 Å². The maximum atomic E-state index is 13.9. The molecule has 2 heterocycles. The van der Waals surface area contributed by atoms with Crippen LogP contribution in [0.1, 0.15) is 18.4 Å². The quantitative estimate of drug-likeness (QED) is 0.396. The van der Waals surface area contributed by atoms with Crippen LogP contribution in [0.4, 0.5) is 14.7 Å². The fraction of sp³-hybridized carbons (Fsp3) is 0.421. The lowest BCUT2D eigenvalue weighted by Crippen LogP contribution is -2.53. The number of nitrogens with one attached hydrogen (secondary N) is 1. The molecule has 0 saturated carbocycles. The van der Waals surface area contributed by atoms with Gasteiger partial charge in [0.2, 0.25) is 5.95 Å². The molecule has 28 heavy (non-hydrogen) atoms. The van der Waals surface area contributed by atoms with Gasteiger partial charge in [-0.1, -0.05) is 13.0 Å². The zero-order valence-corrected chi connectivity index (χ0v) is 18.3. The van der Waals surface area contributed by atoms with Crippen molar-refractivity contribution in [2.75, 3.05) is 44.7 Å². The van der Waals surface area contributed by atoms with E-state index >= 15 is 0 Å². The first-order valence-corrected chi connectivity index (χ1v) is 9.01. The summed E-state index contributed by atoms with van der Waals surface area (Å²) in [5.74, 6) is 0.322. The number of guanidine groups is 1. The Balaban J connectivity index is 0.00000280. The van der Waals surface area contributed by atoms with Crippen LogP contribution < -0.4 is 10.2 Å². The van der Waals surface area contributed by atoms with Gasteiger partial charge in [0.25, 0.3) is 0 Å². The molecule has 2 aromatic rings. The molecule has 1 atom stereocenters. The van der Waals surface area contributed by atoms with Crippen LogP contribution in [0.3, 0.4) is 0 Å². The fourth-order valence-corrected chi connectivity index (χ4v) is 3.16. The van der Waals surface area contributed by atoms with Crippen molar-refractivity contribution in [3.05, 3.63) is 53.9 Å². The SMILES string of the molecule is CN=C(NCC(C)c1ccc(F)cc1F)N1CCN(c2ncccn2)CC1.I. The van der Waals surface area contributed by atoms with Crippen LogP contribution in [-0.2, 0) is 0 Å². The van der Waals surface area contributed by atoms with Gasteiger partial charge in [0.15, 0.2) is 5.96 Å². The van der Waals surface area contributed by atoms with E-state index in [1.807, 2.05) is 6.92 Å². The highest BCUT2D eigenvalue weighted by molar-refractivity contribution is 14.0. The van der Waals surface area contributed by atoms with Gasteiger partial charge in [-0.2, -0.15) is 0 Å². The predicted octanol–water partition coefficient (Wildman–Crippen LogP) is 2.87. The molecular formula is C19H25F2IN6. The standard InChI is InChI=1S/C19H24F2N6.HI/c1-14(16-5-4-15(20)12-17(16)21)13-25-18(22-2)26-8-10-27(11-9-26)19-23-6-3-7-24-19;/h3-7,12,14H,8-11,13H2,1-2H3,(H,22,25);1H. The van der Waals surface area contributed by atoms with Gasteiger partial charge in [-0.05, 0) is 17.7 Å². The Hall–Kier alpha value is -2.04. The van der Waals surface area contributed by atoms with Gasteiger partial charge >= 0.3 is 0 Å². The van der Waals surface area contributed by atoms with Crippen molar-refractivity contribution < 1.29 is 8.78 Å². The third kappa shape index (κ3) is 5.49. The lowest BCUT2D eigenvalue weighted by atomic mass is 10.0. The molecule has 1 saturated heterocycles. The fourth-order valence-electron chi connectivity index (χ4n) is 3.16. The first-order chi connectivity index (χ1) is 13.1. The maximum Gasteiger partial charge on any atom is 0.225 e. The Kier molecular flexibility index (Phi) is 8.34. The number of hydrogen-bond donors (Lipinski definition) is 1. The summed E-state index contributed by atoms with van der Waals surface area (Å²) in [6, 6.07) is 5.51. The molecular weight excluding hydrogens is 477 g/mol. The zero-order chi connectivity index (χ0) is 19.2. The Bertz CT molecular complexity index is 781. The molecule has 1 aromatic carbocycles. The number of piperazine rings is 1. The van der Waals surface area contributed by atoms with Crippen molar-refractivity contribution in [3.8, 4) is 0 Å². The van der Waals surface area contributed by atoms with Gasteiger partial charge < -0.3 is 15.1 Å². The van der Waals surface area contributed by atoms with Gasteiger partial charge in [0.05, 0.1) is 0 Å². The summed E-state index contributed by atoms with van der Waals surface area (Å²) in [7, 11) is 1.73. The summed E-state index contributed by atoms with van der Waals surface area (Å²) in [4.78, 5) is 17.2. The summed E-state index contributed by atoms with van der Waals surface area (Å²) < 4.78 is 27.0. The van der Waals surface area contributed by atoms with E-state index in [9.17, 15) is 8.78 Å². The predicted molar refractivity (Wildman–Crippen MR) is 117 cm³/mol. The number of aliphatic imine (C=N–C) groups is 1. The molecule has 1 fully saturated rings. The number of hydrogen-bond acceptors (Lipinski definition) is 4. The topological polar surface area (TPSA) is 56.7 Å². The van der Waals surface area contributed by atoms with E-state index in [1.165, 1.54) is 12.1 Å². The van der Waals surface area contributed by atoms with Crippen molar-refractivity contribution in [2.24, 2.45) is 4.99 Å². The molecule has 0 amide bonds. The largest absolute Gasteiger partial charge is 0.356 e. The van der Waals surface area contributed by atoms with E-state index in [4.69, 9.17) is 0 Å². The minimum atomic E-state index is -0.563. The highest BCUT2D eigenvalue weighted by atomic mass is 127. The molecule has 0 radical (unpaired) electrons. The minimum absolute atomic E-state index is 0. The molecule has 1 aliphatic heterocycles.